The van der Waals surface area contributed by atoms with Crippen molar-refractivity contribution in [1.29, 1.82) is 0 Å². The normalized spacial score (nSPS) is 20.2. The minimum Gasteiger partial charge on any atom is -0.462 e. The summed E-state index contributed by atoms with van der Waals surface area (Å²) >= 11 is 0. The lowest BCUT2D eigenvalue weighted by Crippen LogP contribution is -2.37. The Labute approximate surface area is 316 Å². The van der Waals surface area contributed by atoms with Crippen molar-refractivity contribution in [1.82, 2.24) is 0 Å². The first-order chi connectivity index (χ1) is 25.1. The third-order valence-corrected chi connectivity index (χ3v) is 10.4. The molecule has 1 fully saturated rings. The Balaban J connectivity index is 1.70. The second kappa shape index (κ2) is 28.1. The second-order valence-corrected chi connectivity index (χ2v) is 15.4. The Morgan fingerprint density at radius 2 is 1.08 bits per heavy atom. The quantitative estimate of drug-likeness (QED) is 0.0390. The van der Waals surface area contributed by atoms with Gasteiger partial charge in [-0.15, -0.1) is 0 Å². The van der Waals surface area contributed by atoms with Crippen molar-refractivity contribution in [3.05, 3.63) is 11.6 Å². The molecule has 2 aliphatic rings. The van der Waals surface area contributed by atoms with Crippen molar-refractivity contribution in [3.63, 3.8) is 0 Å². The molecule has 9 nitrogen and oxygen atoms in total. The summed E-state index contributed by atoms with van der Waals surface area (Å²) in [5, 5.41) is 0. The number of esters is 4. The van der Waals surface area contributed by atoms with Crippen LogP contribution in [0.5, 0.6) is 0 Å². The van der Waals surface area contributed by atoms with Crippen LogP contribution in [0.25, 0.3) is 0 Å². The molecule has 0 aliphatic carbocycles. The molecule has 0 bridgehead atoms. The van der Waals surface area contributed by atoms with Gasteiger partial charge in [0.2, 0.25) is 0 Å². The number of rotatable bonds is 31. The fraction of sp³-hybridized carbons (Fsp3) is 0.860. The first kappa shape index (κ1) is 45.7. The van der Waals surface area contributed by atoms with Crippen LogP contribution in [0, 0.1) is 0 Å². The molecule has 0 unspecified atom stereocenters. The van der Waals surface area contributed by atoms with Gasteiger partial charge in [0, 0.05) is 32.8 Å². The van der Waals surface area contributed by atoms with E-state index in [0.717, 1.165) is 69.8 Å². The molecule has 0 aromatic heterocycles. The van der Waals surface area contributed by atoms with Crippen molar-refractivity contribution in [2.24, 2.45) is 0 Å². The standard InChI is InChI=1S/C43H74O9/c1-6-7-8-9-10-11-16-19-22-25-28-39(50-35(4)45)40-29-30-41(52-40)42(51-36(5)46)32-38(49-34(3)44)27-24-21-18-15-13-12-14-17-20-23-26-37-31-33(2)48-43(37)47/h31,33,38-42H,6-30,32H2,1-5H3/t33-,38-,39-,40+,41+,42+/m0/s1. The maximum absolute atomic E-state index is 12.2. The summed E-state index contributed by atoms with van der Waals surface area (Å²) in [4.78, 5) is 47.9. The van der Waals surface area contributed by atoms with E-state index >= 15 is 0 Å². The van der Waals surface area contributed by atoms with Gasteiger partial charge in [-0.05, 0) is 64.4 Å². The molecular formula is C43H74O9. The van der Waals surface area contributed by atoms with E-state index in [1.165, 1.54) is 104 Å². The molecule has 2 rings (SSSR count). The SMILES string of the molecule is CCCCCCCCCCCC[C@H](OC(C)=O)[C@H]1CC[C@H]([C@@H](C[C@H](CCCCCCCCCCCCC2=C[C@H](C)OC2=O)OC(C)=O)OC(C)=O)O1. The summed E-state index contributed by atoms with van der Waals surface area (Å²) in [5.74, 6) is -1.17. The lowest BCUT2D eigenvalue weighted by atomic mass is 9.98. The Hall–Kier alpha value is -2.42. The van der Waals surface area contributed by atoms with E-state index < -0.39 is 6.10 Å². The maximum Gasteiger partial charge on any atom is 0.334 e. The van der Waals surface area contributed by atoms with Gasteiger partial charge in [0.1, 0.15) is 24.4 Å². The molecule has 0 aromatic carbocycles. The predicted octanol–water partition coefficient (Wildman–Crippen LogP) is 10.6. The summed E-state index contributed by atoms with van der Waals surface area (Å²) in [6.45, 7) is 8.42. The lowest BCUT2D eigenvalue weighted by Gasteiger charge is -2.29. The van der Waals surface area contributed by atoms with Gasteiger partial charge in [-0.25, -0.2) is 4.79 Å². The number of ether oxygens (including phenoxy) is 5. The largest absolute Gasteiger partial charge is 0.462 e. The van der Waals surface area contributed by atoms with Crippen molar-refractivity contribution in [2.75, 3.05) is 0 Å². The number of hydrogen-bond donors (Lipinski definition) is 0. The highest BCUT2D eigenvalue weighted by Crippen LogP contribution is 2.32. The van der Waals surface area contributed by atoms with E-state index in [1.54, 1.807) is 0 Å². The fourth-order valence-electron chi connectivity index (χ4n) is 7.73. The molecule has 300 valence electrons. The zero-order chi connectivity index (χ0) is 38.0. The van der Waals surface area contributed by atoms with Crippen LogP contribution in [0.3, 0.4) is 0 Å². The van der Waals surface area contributed by atoms with E-state index in [4.69, 9.17) is 23.7 Å². The maximum atomic E-state index is 12.2. The summed E-state index contributed by atoms with van der Waals surface area (Å²) in [5.41, 5.74) is 0.838. The molecular weight excluding hydrogens is 660 g/mol. The Morgan fingerprint density at radius 3 is 1.56 bits per heavy atom. The molecule has 0 N–H and O–H groups in total. The van der Waals surface area contributed by atoms with Gasteiger partial charge in [-0.1, -0.05) is 116 Å². The van der Waals surface area contributed by atoms with Crippen LogP contribution in [0.15, 0.2) is 11.6 Å². The lowest BCUT2D eigenvalue weighted by molar-refractivity contribution is -0.167. The summed E-state index contributed by atoms with van der Waals surface area (Å²) in [6, 6.07) is 0. The molecule has 0 saturated carbocycles. The molecule has 0 spiro atoms. The molecule has 52 heavy (non-hydrogen) atoms. The highest BCUT2D eigenvalue weighted by Gasteiger charge is 2.39. The van der Waals surface area contributed by atoms with E-state index in [0.29, 0.717) is 19.3 Å². The Morgan fingerprint density at radius 1 is 0.635 bits per heavy atom. The summed E-state index contributed by atoms with van der Waals surface area (Å²) in [7, 11) is 0. The molecule has 6 atom stereocenters. The molecule has 0 amide bonds. The number of unbranched alkanes of at least 4 members (excludes halogenated alkanes) is 18. The van der Waals surface area contributed by atoms with Gasteiger partial charge in [0.15, 0.2) is 0 Å². The summed E-state index contributed by atoms with van der Waals surface area (Å²) in [6.07, 6.45) is 28.0. The van der Waals surface area contributed by atoms with E-state index in [2.05, 4.69) is 6.92 Å². The van der Waals surface area contributed by atoms with Crippen molar-refractivity contribution in [3.8, 4) is 0 Å². The zero-order valence-corrected chi connectivity index (χ0v) is 33.6. The molecule has 9 heteroatoms. The van der Waals surface area contributed by atoms with Gasteiger partial charge >= 0.3 is 23.9 Å². The average molecular weight is 735 g/mol. The molecule has 0 radical (unpaired) electrons. The number of carbonyl (C=O) groups is 4. The first-order valence-electron chi connectivity index (χ1n) is 21.2. The van der Waals surface area contributed by atoms with Crippen LogP contribution in [0.1, 0.15) is 202 Å². The zero-order valence-electron chi connectivity index (χ0n) is 33.6. The van der Waals surface area contributed by atoms with E-state index in [9.17, 15) is 19.2 Å². The van der Waals surface area contributed by atoms with Crippen molar-refractivity contribution in [2.45, 2.75) is 238 Å². The number of cyclic esters (lactones) is 1. The topological polar surface area (TPSA) is 114 Å². The molecule has 1 saturated heterocycles. The number of carbonyl (C=O) groups excluding carboxylic acids is 4. The molecule has 2 heterocycles. The monoisotopic (exact) mass is 735 g/mol. The van der Waals surface area contributed by atoms with E-state index in [-0.39, 0.29) is 54.4 Å². The molecule has 0 aromatic rings. The van der Waals surface area contributed by atoms with Crippen LogP contribution in [0.2, 0.25) is 0 Å². The van der Waals surface area contributed by atoms with Gasteiger partial charge < -0.3 is 23.7 Å². The average Bonchev–Trinajstić information content (AvgIpc) is 3.70. The highest BCUT2D eigenvalue weighted by atomic mass is 16.6. The third kappa shape index (κ3) is 21.3. The Kier molecular flexibility index (Phi) is 24.7. The third-order valence-electron chi connectivity index (χ3n) is 10.4. The van der Waals surface area contributed by atoms with Gasteiger partial charge in [0.05, 0.1) is 12.2 Å². The van der Waals surface area contributed by atoms with Gasteiger partial charge in [-0.3, -0.25) is 14.4 Å². The number of hydrogen-bond acceptors (Lipinski definition) is 9. The van der Waals surface area contributed by atoms with Gasteiger partial charge in [-0.2, -0.15) is 0 Å². The first-order valence-corrected chi connectivity index (χ1v) is 21.2. The summed E-state index contributed by atoms with van der Waals surface area (Å²) < 4.78 is 28.9. The van der Waals surface area contributed by atoms with Crippen LogP contribution in [-0.2, 0) is 42.9 Å². The van der Waals surface area contributed by atoms with Crippen molar-refractivity contribution < 1.29 is 42.9 Å². The predicted molar refractivity (Wildman–Crippen MR) is 205 cm³/mol. The van der Waals surface area contributed by atoms with Crippen LogP contribution < -0.4 is 0 Å². The van der Waals surface area contributed by atoms with E-state index in [1.807, 2.05) is 13.0 Å². The second-order valence-electron chi connectivity index (χ2n) is 15.4. The van der Waals surface area contributed by atoms with Crippen LogP contribution >= 0.6 is 0 Å². The van der Waals surface area contributed by atoms with Crippen molar-refractivity contribution >= 4 is 23.9 Å². The smallest absolute Gasteiger partial charge is 0.334 e. The fourth-order valence-corrected chi connectivity index (χ4v) is 7.73. The minimum absolute atomic E-state index is 0.0783. The molecule has 2 aliphatic heterocycles. The van der Waals surface area contributed by atoms with Gasteiger partial charge in [0.25, 0.3) is 0 Å². The van der Waals surface area contributed by atoms with Crippen LogP contribution in [0.4, 0.5) is 0 Å². The Bertz CT molecular complexity index is 1040. The highest BCUT2D eigenvalue weighted by molar-refractivity contribution is 5.90. The van der Waals surface area contributed by atoms with Crippen LogP contribution in [-0.4, -0.2) is 60.5 Å². The minimum atomic E-state index is -0.533.